The van der Waals surface area contributed by atoms with Crippen LogP contribution in [-0.2, 0) is 9.84 Å². The highest BCUT2D eigenvalue weighted by molar-refractivity contribution is 7.91. The molecule has 1 aliphatic rings. The first-order chi connectivity index (χ1) is 9.48. The number of piperazine rings is 1. The van der Waals surface area contributed by atoms with Crippen LogP contribution in [0.4, 0.5) is 14.5 Å². The van der Waals surface area contributed by atoms with E-state index in [4.69, 9.17) is 0 Å². The fourth-order valence-electron chi connectivity index (χ4n) is 2.47. The van der Waals surface area contributed by atoms with Crippen LogP contribution in [-0.4, -0.2) is 39.9 Å². The molecule has 0 bridgehead atoms. The second-order valence-corrected chi connectivity index (χ2v) is 6.62. The molecule has 0 radical (unpaired) electrons. The highest BCUT2D eigenvalue weighted by Gasteiger charge is 2.32. The van der Waals surface area contributed by atoms with Crippen molar-refractivity contribution in [3.63, 3.8) is 0 Å². The average molecular weight is 304 g/mol. The fourth-order valence-corrected chi connectivity index (χ4v) is 3.41. The van der Waals surface area contributed by atoms with Gasteiger partial charge in [-0.15, -0.1) is 0 Å². The number of hydrogen-bond acceptors (Lipinski definition) is 4. The van der Waals surface area contributed by atoms with Crippen LogP contribution in [0.15, 0.2) is 29.2 Å². The predicted molar refractivity (Wildman–Crippen MR) is 73.9 cm³/mol. The number of nitrogens with zero attached hydrogens (tertiary/aromatic N) is 1. The van der Waals surface area contributed by atoms with Crippen molar-refractivity contribution in [1.82, 2.24) is 5.32 Å². The van der Waals surface area contributed by atoms with Gasteiger partial charge in [-0.3, -0.25) is 0 Å². The van der Waals surface area contributed by atoms with Crippen LogP contribution in [0.1, 0.15) is 13.3 Å². The Balaban J connectivity index is 2.47. The Hall–Kier alpha value is -1.21. The van der Waals surface area contributed by atoms with Gasteiger partial charge in [0.1, 0.15) is 0 Å². The summed E-state index contributed by atoms with van der Waals surface area (Å²) in [6.45, 7) is 4.03. The van der Waals surface area contributed by atoms with E-state index in [2.05, 4.69) is 5.32 Å². The zero-order chi connectivity index (χ0) is 14.8. The number of para-hydroxylation sites is 1. The van der Waals surface area contributed by atoms with E-state index >= 15 is 0 Å². The molecule has 1 N–H and O–H groups in total. The van der Waals surface area contributed by atoms with Crippen molar-refractivity contribution < 1.29 is 17.2 Å². The van der Waals surface area contributed by atoms with Crippen LogP contribution in [0.3, 0.4) is 0 Å². The van der Waals surface area contributed by atoms with E-state index in [0.29, 0.717) is 18.8 Å². The number of sulfone groups is 1. The molecule has 1 unspecified atom stereocenters. The zero-order valence-electron chi connectivity index (χ0n) is 11.2. The van der Waals surface area contributed by atoms with Gasteiger partial charge in [-0.1, -0.05) is 19.1 Å². The lowest BCUT2D eigenvalue weighted by Crippen LogP contribution is -2.51. The van der Waals surface area contributed by atoms with Gasteiger partial charge in [0, 0.05) is 25.7 Å². The van der Waals surface area contributed by atoms with Crippen molar-refractivity contribution >= 4 is 15.5 Å². The smallest absolute Gasteiger partial charge is 0.341 e. The molecular weight excluding hydrogens is 286 g/mol. The molecule has 1 atom stereocenters. The van der Waals surface area contributed by atoms with Crippen molar-refractivity contribution in [3.05, 3.63) is 24.3 Å². The number of rotatable bonds is 4. The molecule has 1 aliphatic heterocycles. The summed E-state index contributed by atoms with van der Waals surface area (Å²) in [4.78, 5) is 1.63. The van der Waals surface area contributed by atoms with Crippen LogP contribution in [0.25, 0.3) is 0 Å². The highest BCUT2D eigenvalue weighted by Crippen LogP contribution is 2.31. The summed E-state index contributed by atoms with van der Waals surface area (Å²) >= 11 is 0. The molecule has 0 saturated carbocycles. The maximum Gasteiger partial charge on any atom is 0.341 e. The molecule has 1 fully saturated rings. The normalized spacial score (nSPS) is 20.4. The van der Waals surface area contributed by atoms with Gasteiger partial charge in [-0.05, 0) is 18.6 Å². The van der Waals surface area contributed by atoms with E-state index in [1.54, 1.807) is 12.1 Å². The second-order valence-electron chi connectivity index (χ2n) is 4.73. The van der Waals surface area contributed by atoms with Crippen LogP contribution in [0, 0.1) is 0 Å². The molecule has 7 heteroatoms. The molecule has 1 aromatic rings. The molecule has 4 nitrogen and oxygen atoms in total. The fraction of sp³-hybridized carbons (Fsp3) is 0.538. The third kappa shape index (κ3) is 2.78. The van der Waals surface area contributed by atoms with Gasteiger partial charge in [0.05, 0.1) is 10.6 Å². The van der Waals surface area contributed by atoms with Crippen LogP contribution < -0.4 is 10.2 Å². The number of halogens is 2. The quantitative estimate of drug-likeness (QED) is 0.922. The van der Waals surface area contributed by atoms with Crippen molar-refractivity contribution in [2.24, 2.45) is 0 Å². The summed E-state index contributed by atoms with van der Waals surface area (Å²) in [6, 6.07) is 6.11. The minimum absolute atomic E-state index is 0.109. The summed E-state index contributed by atoms with van der Waals surface area (Å²) in [6.07, 6.45) is 0.816. The minimum Gasteiger partial charge on any atom is -0.365 e. The minimum atomic E-state index is -4.58. The Kier molecular flexibility index (Phi) is 4.59. The number of benzene rings is 1. The predicted octanol–water partition coefficient (Wildman–Crippen LogP) is 1.87. The van der Waals surface area contributed by atoms with E-state index < -0.39 is 15.6 Å². The maximum atomic E-state index is 12.8. The summed E-state index contributed by atoms with van der Waals surface area (Å²) in [5.74, 6) is -3.40. The first kappa shape index (κ1) is 15.2. The molecule has 1 saturated heterocycles. The number of alkyl halides is 2. The number of hydrogen-bond donors (Lipinski definition) is 1. The standard InChI is InChI=1S/C13H18F2N2O2S/c1-2-10-9-16-7-8-17(10)11-5-3-4-6-12(11)20(18,19)13(14)15/h3-6,10,13,16H,2,7-9H2,1H3. The Morgan fingerprint density at radius 2 is 2.10 bits per heavy atom. The second kappa shape index (κ2) is 6.05. The zero-order valence-corrected chi connectivity index (χ0v) is 12.0. The molecular formula is C13H18F2N2O2S. The highest BCUT2D eigenvalue weighted by atomic mass is 32.2. The molecule has 2 rings (SSSR count). The van der Waals surface area contributed by atoms with Gasteiger partial charge in [0.15, 0.2) is 0 Å². The lowest BCUT2D eigenvalue weighted by molar-refractivity contribution is 0.234. The van der Waals surface area contributed by atoms with Crippen molar-refractivity contribution in [1.29, 1.82) is 0 Å². The van der Waals surface area contributed by atoms with Crippen LogP contribution in [0.2, 0.25) is 0 Å². The van der Waals surface area contributed by atoms with Gasteiger partial charge < -0.3 is 10.2 Å². The van der Waals surface area contributed by atoms with Gasteiger partial charge in [-0.2, -0.15) is 8.78 Å². The van der Waals surface area contributed by atoms with Crippen molar-refractivity contribution in [3.8, 4) is 0 Å². The van der Waals surface area contributed by atoms with E-state index in [1.807, 2.05) is 11.8 Å². The summed E-state index contributed by atoms with van der Waals surface area (Å²) < 4.78 is 49.2. The van der Waals surface area contributed by atoms with E-state index in [1.165, 1.54) is 12.1 Å². The molecule has 0 aliphatic carbocycles. The van der Waals surface area contributed by atoms with Gasteiger partial charge in [-0.25, -0.2) is 8.42 Å². The van der Waals surface area contributed by atoms with E-state index in [9.17, 15) is 17.2 Å². The molecule has 1 heterocycles. The Labute approximate surface area is 117 Å². The average Bonchev–Trinajstić information content (AvgIpc) is 2.47. The Morgan fingerprint density at radius 1 is 1.40 bits per heavy atom. The monoisotopic (exact) mass is 304 g/mol. The first-order valence-corrected chi connectivity index (χ1v) is 8.11. The molecule has 0 aromatic heterocycles. The van der Waals surface area contributed by atoms with Crippen molar-refractivity contribution in [2.75, 3.05) is 24.5 Å². The SMILES string of the molecule is CCC1CNCCN1c1ccccc1S(=O)(=O)C(F)F. The largest absolute Gasteiger partial charge is 0.365 e. The Morgan fingerprint density at radius 3 is 2.75 bits per heavy atom. The van der Waals surface area contributed by atoms with Crippen LogP contribution in [0.5, 0.6) is 0 Å². The molecule has 0 spiro atoms. The van der Waals surface area contributed by atoms with E-state index in [0.717, 1.165) is 13.0 Å². The lowest BCUT2D eigenvalue weighted by Gasteiger charge is -2.38. The van der Waals surface area contributed by atoms with E-state index in [-0.39, 0.29) is 10.9 Å². The number of nitrogens with one attached hydrogen (secondary N) is 1. The maximum absolute atomic E-state index is 12.8. The summed E-state index contributed by atoms with van der Waals surface area (Å²) in [5, 5.41) is 3.23. The molecule has 112 valence electrons. The van der Waals surface area contributed by atoms with Gasteiger partial charge >= 0.3 is 5.76 Å². The molecule has 0 amide bonds. The van der Waals surface area contributed by atoms with Crippen LogP contribution >= 0.6 is 0 Å². The van der Waals surface area contributed by atoms with Gasteiger partial charge in [0.25, 0.3) is 0 Å². The Bertz CT molecular complexity index is 563. The summed E-state index contributed by atoms with van der Waals surface area (Å²) in [5.41, 5.74) is 0.376. The third-order valence-electron chi connectivity index (χ3n) is 3.54. The lowest BCUT2D eigenvalue weighted by atomic mass is 10.1. The third-order valence-corrected chi connectivity index (χ3v) is 4.96. The topological polar surface area (TPSA) is 49.4 Å². The number of anilines is 1. The van der Waals surface area contributed by atoms with Crippen molar-refractivity contribution in [2.45, 2.75) is 30.0 Å². The molecule has 20 heavy (non-hydrogen) atoms. The molecule has 1 aromatic carbocycles. The summed E-state index contributed by atoms with van der Waals surface area (Å²) in [7, 11) is -4.58. The first-order valence-electron chi connectivity index (χ1n) is 6.57. The van der Waals surface area contributed by atoms with Gasteiger partial charge in [0.2, 0.25) is 9.84 Å².